The number of rotatable bonds is 8. The van der Waals surface area contributed by atoms with Crippen LogP contribution in [0.15, 0.2) is 28.3 Å². The standard InChI is InChI=1S/C28H34Cl2N4O8S/c1-28(2,3)42-27(36)33-9-7-17(8-10-33)41-12-11-34-24-16(15-31-26(32-24)43(6,37)38)13-18(25(34)35)21-22(29)19(39-4)14-20(40-5)23(21)30/h13-15,17H,7-12H2,1-6H3. The van der Waals surface area contributed by atoms with Gasteiger partial charge < -0.3 is 23.8 Å². The topological polar surface area (TPSA) is 139 Å². The number of ether oxygens (including phenoxy) is 4. The summed E-state index contributed by atoms with van der Waals surface area (Å²) in [5, 5.41) is 0.146. The van der Waals surface area contributed by atoms with Crippen LogP contribution in [0.25, 0.3) is 22.2 Å². The number of likely N-dealkylation sites (tertiary alicyclic amines) is 1. The number of sulfone groups is 1. The maximum Gasteiger partial charge on any atom is 0.410 e. The molecule has 1 aliphatic heterocycles. The summed E-state index contributed by atoms with van der Waals surface area (Å²) < 4.78 is 48.1. The van der Waals surface area contributed by atoms with Crippen molar-refractivity contribution in [1.82, 2.24) is 19.4 Å². The number of piperidine rings is 1. The number of carbonyl (C=O) groups is 1. The van der Waals surface area contributed by atoms with Gasteiger partial charge in [0.15, 0.2) is 0 Å². The van der Waals surface area contributed by atoms with Gasteiger partial charge in [-0.15, -0.1) is 0 Å². The third-order valence-electron chi connectivity index (χ3n) is 6.74. The zero-order valence-corrected chi connectivity index (χ0v) is 27.1. The van der Waals surface area contributed by atoms with E-state index in [1.54, 1.807) is 4.90 Å². The molecule has 0 spiro atoms. The molecule has 1 aliphatic rings. The highest BCUT2D eigenvalue weighted by molar-refractivity contribution is 7.90. The van der Waals surface area contributed by atoms with Crippen molar-refractivity contribution < 1.29 is 32.2 Å². The molecule has 3 heterocycles. The lowest BCUT2D eigenvalue weighted by molar-refractivity contribution is -0.0130. The number of benzene rings is 1. The van der Waals surface area contributed by atoms with Gasteiger partial charge in [-0.05, 0) is 39.7 Å². The van der Waals surface area contributed by atoms with Gasteiger partial charge >= 0.3 is 6.09 Å². The van der Waals surface area contributed by atoms with Crippen LogP contribution in [0, 0.1) is 0 Å². The van der Waals surface area contributed by atoms with E-state index in [4.69, 9.17) is 42.1 Å². The van der Waals surface area contributed by atoms with Crippen LogP contribution in [-0.2, 0) is 25.9 Å². The maximum atomic E-state index is 14.0. The van der Waals surface area contributed by atoms with Crippen LogP contribution in [0.2, 0.25) is 10.0 Å². The summed E-state index contributed by atoms with van der Waals surface area (Å²) in [5.74, 6) is 0.488. The Morgan fingerprint density at radius 3 is 2.21 bits per heavy atom. The van der Waals surface area contributed by atoms with Crippen LogP contribution in [0.3, 0.4) is 0 Å². The molecule has 0 bridgehead atoms. The third kappa shape index (κ3) is 7.34. The molecule has 3 aromatic rings. The van der Waals surface area contributed by atoms with Crippen molar-refractivity contribution in [2.24, 2.45) is 0 Å². The van der Waals surface area contributed by atoms with E-state index in [1.807, 2.05) is 20.8 Å². The van der Waals surface area contributed by atoms with Gasteiger partial charge in [-0.1, -0.05) is 23.2 Å². The predicted octanol–water partition coefficient (Wildman–Crippen LogP) is 4.60. The van der Waals surface area contributed by atoms with Crippen molar-refractivity contribution in [2.45, 2.75) is 57.0 Å². The normalized spacial score (nSPS) is 14.7. The SMILES string of the molecule is COc1cc(OC)c(Cl)c(-c2cc3cnc(S(C)(=O)=O)nc3n(CCOC3CCN(C(=O)OC(C)(C)C)CC3)c2=O)c1Cl. The van der Waals surface area contributed by atoms with Gasteiger partial charge in [-0.3, -0.25) is 9.36 Å². The number of nitrogens with zero attached hydrogens (tertiary/aromatic N) is 4. The Labute approximate surface area is 259 Å². The van der Waals surface area contributed by atoms with Crippen LogP contribution in [0.4, 0.5) is 4.79 Å². The molecule has 1 saturated heterocycles. The van der Waals surface area contributed by atoms with Gasteiger partial charge in [0, 0.05) is 42.6 Å². The van der Waals surface area contributed by atoms with E-state index in [-0.39, 0.29) is 63.7 Å². The van der Waals surface area contributed by atoms with Crippen molar-refractivity contribution in [3.8, 4) is 22.6 Å². The molecule has 2 aromatic heterocycles. The average Bonchev–Trinajstić information content (AvgIpc) is 2.93. The quantitative estimate of drug-likeness (QED) is 0.316. The minimum absolute atomic E-state index is 0.0337. The molecule has 234 valence electrons. The number of fused-ring (bicyclic) bond motifs is 1. The number of amides is 1. The fourth-order valence-electron chi connectivity index (χ4n) is 4.67. The second kappa shape index (κ2) is 12.8. The highest BCUT2D eigenvalue weighted by Gasteiger charge is 2.28. The first-order valence-electron chi connectivity index (χ1n) is 13.4. The highest BCUT2D eigenvalue weighted by Crippen LogP contribution is 2.45. The van der Waals surface area contributed by atoms with E-state index in [0.29, 0.717) is 31.3 Å². The van der Waals surface area contributed by atoms with Gasteiger partial charge in [0.25, 0.3) is 5.56 Å². The predicted molar refractivity (Wildman–Crippen MR) is 162 cm³/mol. The molecular weight excluding hydrogens is 623 g/mol. The van der Waals surface area contributed by atoms with Crippen LogP contribution >= 0.6 is 23.2 Å². The van der Waals surface area contributed by atoms with E-state index in [0.717, 1.165) is 6.26 Å². The van der Waals surface area contributed by atoms with Crippen LogP contribution in [0.1, 0.15) is 33.6 Å². The van der Waals surface area contributed by atoms with Gasteiger partial charge in [0.1, 0.15) is 22.7 Å². The molecular formula is C28H34Cl2N4O8S. The molecule has 0 atom stereocenters. The van der Waals surface area contributed by atoms with E-state index in [1.165, 1.54) is 37.1 Å². The second-order valence-corrected chi connectivity index (χ2v) is 13.7. The number of pyridine rings is 1. The van der Waals surface area contributed by atoms with E-state index in [9.17, 15) is 18.0 Å². The van der Waals surface area contributed by atoms with Crippen molar-refractivity contribution in [3.05, 3.63) is 38.7 Å². The Kier molecular flexibility index (Phi) is 9.79. The molecule has 15 heteroatoms. The molecule has 0 radical (unpaired) electrons. The summed E-state index contributed by atoms with van der Waals surface area (Å²) >= 11 is 13.3. The number of halogens is 2. The second-order valence-electron chi connectivity index (χ2n) is 11.0. The Hall–Kier alpha value is -3.13. The fourth-order valence-corrected chi connectivity index (χ4v) is 5.87. The Balaban J connectivity index is 1.67. The molecule has 1 amide bonds. The third-order valence-corrected chi connectivity index (χ3v) is 8.35. The minimum atomic E-state index is -3.77. The maximum absolute atomic E-state index is 14.0. The monoisotopic (exact) mass is 656 g/mol. The Morgan fingerprint density at radius 1 is 1.07 bits per heavy atom. The minimum Gasteiger partial charge on any atom is -0.495 e. The summed E-state index contributed by atoms with van der Waals surface area (Å²) in [5.41, 5.74) is -0.716. The number of carbonyl (C=O) groups excluding carboxylic acids is 1. The first kappa shape index (κ1) is 32.8. The average molecular weight is 658 g/mol. The van der Waals surface area contributed by atoms with Crippen LogP contribution in [-0.4, -0.2) is 85.8 Å². The molecule has 0 saturated carbocycles. The van der Waals surface area contributed by atoms with Crippen LogP contribution < -0.4 is 15.0 Å². The van der Waals surface area contributed by atoms with Gasteiger partial charge in [-0.25, -0.2) is 18.2 Å². The van der Waals surface area contributed by atoms with Crippen molar-refractivity contribution >= 4 is 50.2 Å². The van der Waals surface area contributed by atoms with E-state index < -0.39 is 26.2 Å². The Bertz CT molecular complexity index is 1670. The van der Waals surface area contributed by atoms with Crippen molar-refractivity contribution in [2.75, 3.05) is 40.2 Å². The lowest BCUT2D eigenvalue weighted by Gasteiger charge is -2.33. The molecule has 43 heavy (non-hydrogen) atoms. The first-order chi connectivity index (χ1) is 20.1. The van der Waals surface area contributed by atoms with E-state index in [2.05, 4.69) is 9.97 Å². The zero-order chi connectivity index (χ0) is 31.7. The fraction of sp³-hybridized carbons (Fsp3) is 0.500. The molecule has 0 unspecified atom stereocenters. The van der Waals surface area contributed by atoms with E-state index >= 15 is 0 Å². The summed E-state index contributed by atoms with van der Waals surface area (Å²) in [7, 11) is -0.919. The number of hydrogen-bond donors (Lipinski definition) is 0. The summed E-state index contributed by atoms with van der Waals surface area (Å²) in [6.45, 7) is 6.53. The van der Waals surface area contributed by atoms with Gasteiger partial charge in [0.2, 0.25) is 15.0 Å². The first-order valence-corrected chi connectivity index (χ1v) is 16.1. The van der Waals surface area contributed by atoms with Gasteiger partial charge in [-0.2, -0.15) is 4.98 Å². The number of methoxy groups -OCH3 is 2. The summed E-state index contributed by atoms with van der Waals surface area (Å²) in [6.07, 6.45) is 2.96. The zero-order valence-electron chi connectivity index (χ0n) is 24.8. The molecule has 4 rings (SSSR count). The molecule has 1 aromatic carbocycles. The van der Waals surface area contributed by atoms with Gasteiger partial charge in [0.05, 0.1) is 49.1 Å². The number of aromatic nitrogens is 3. The number of hydrogen-bond acceptors (Lipinski definition) is 10. The summed E-state index contributed by atoms with van der Waals surface area (Å²) in [4.78, 5) is 36.2. The van der Waals surface area contributed by atoms with Crippen molar-refractivity contribution in [3.63, 3.8) is 0 Å². The molecule has 1 fully saturated rings. The lowest BCUT2D eigenvalue weighted by atomic mass is 10.0. The Morgan fingerprint density at radius 2 is 1.67 bits per heavy atom. The van der Waals surface area contributed by atoms with Crippen molar-refractivity contribution in [1.29, 1.82) is 0 Å². The van der Waals surface area contributed by atoms with Crippen LogP contribution in [0.5, 0.6) is 11.5 Å². The molecule has 0 N–H and O–H groups in total. The molecule has 12 nitrogen and oxygen atoms in total. The lowest BCUT2D eigenvalue weighted by Crippen LogP contribution is -2.43. The smallest absolute Gasteiger partial charge is 0.410 e. The largest absolute Gasteiger partial charge is 0.495 e. The molecule has 0 aliphatic carbocycles. The highest BCUT2D eigenvalue weighted by atomic mass is 35.5. The summed E-state index contributed by atoms with van der Waals surface area (Å²) in [6, 6.07) is 3.01.